The van der Waals surface area contributed by atoms with Crippen molar-refractivity contribution in [3.63, 3.8) is 0 Å². The Labute approximate surface area is 206 Å². The van der Waals surface area contributed by atoms with Gasteiger partial charge in [-0.3, -0.25) is 9.59 Å². The molecule has 178 valence electrons. The van der Waals surface area contributed by atoms with Crippen LogP contribution in [-0.2, 0) is 22.6 Å². The van der Waals surface area contributed by atoms with Gasteiger partial charge in [-0.05, 0) is 77.4 Å². The maximum atomic E-state index is 13.4. The van der Waals surface area contributed by atoms with Gasteiger partial charge in [-0.2, -0.15) is 0 Å². The molecular formula is C27H35BrN2O3. The molecule has 1 atom stereocenters. The van der Waals surface area contributed by atoms with Crippen molar-refractivity contribution in [1.29, 1.82) is 0 Å². The standard InChI is InChI=1S/C27H35BrN2O3/c1-4-20-14-15-25(23(28)16-20)33-18-26(31)30(17-21-11-7-6-10-19(21)3)24(5-2)27(32)29-22-12-8-9-13-22/h6-7,10-11,14-16,22,24H,4-5,8-9,12-13,17-18H2,1-3H3,(H,29,32). The molecule has 0 aromatic heterocycles. The highest BCUT2D eigenvalue weighted by Crippen LogP contribution is 2.27. The van der Waals surface area contributed by atoms with E-state index >= 15 is 0 Å². The summed E-state index contributed by atoms with van der Waals surface area (Å²) in [5, 5.41) is 3.18. The van der Waals surface area contributed by atoms with Gasteiger partial charge in [0.05, 0.1) is 4.47 Å². The number of carbonyl (C=O) groups excluding carboxylic acids is 2. The van der Waals surface area contributed by atoms with Crippen molar-refractivity contribution >= 4 is 27.7 Å². The summed E-state index contributed by atoms with van der Waals surface area (Å²) in [6.07, 6.45) is 5.79. The zero-order valence-corrected chi connectivity index (χ0v) is 21.5. The van der Waals surface area contributed by atoms with E-state index in [1.165, 1.54) is 5.56 Å². The van der Waals surface area contributed by atoms with Gasteiger partial charge in [0, 0.05) is 12.6 Å². The molecule has 1 aliphatic rings. The molecule has 1 fully saturated rings. The number of benzene rings is 2. The Hall–Kier alpha value is -2.34. The maximum absolute atomic E-state index is 13.4. The van der Waals surface area contributed by atoms with Crippen LogP contribution >= 0.6 is 15.9 Å². The van der Waals surface area contributed by atoms with Gasteiger partial charge in [-0.1, -0.05) is 57.0 Å². The molecule has 6 heteroatoms. The minimum Gasteiger partial charge on any atom is -0.483 e. The summed E-state index contributed by atoms with van der Waals surface area (Å²) in [5.74, 6) is 0.359. The summed E-state index contributed by atoms with van der Waals surface area (Å²) in [6.45, 7) is 6.33. The van der Waals surface area contributed by atoms with Crippen LogP contribution in [0.25, 0.3) is 0 Å². The lowest BCUT2D eigenvalue weighted by Gasteiger charge is -2.32. The topological polar surface area (TPSA) is 58.6 Å². The van der Waals surface area contributed by atoms with Crippen molar-refractivity contribution in [3.8, 4) is 5.75 Å². The number of rotatable bonds is 10. The van der Waals surface area contributed by atoms with Crippen LogP contribution in [0.2, 0.25) is 0 Å². The Balaban J connectivity index is 1.78. The molecule has 3 rings (SSSR count). The van der Waals surface area contributed by atoms with Crippen LogP contribution in [0.5, 0.6) is 5.75 Å². The molecule has 2 aromatic carbocycles. The second kappa shape index (κ2) is 12.2. The van der Waals surface area contributed by atoms with Crippen LogP contribution in [0.3, 0.4) is 0 Å². The number of nitrogens with zero attached hydrogens (tertiary/aromatic N) is 1. The smallest absolute Gasteiger partial charge is 0.261 e. The van der Waals surface area contributed by atoms with Crippen molar-refractivity contribution < 1.29 is 14.3 Å². The lowest BCUT2D eigenvalue weighted by atomic mass is 10.1. The molecule has 2 amide bonds. The zero-order valence-electron chi connectivity index (χ0n) is 19.9. The van der Waals surface area contributed by atoms with E-state index in [1.54, 1.807) is 4.90 Å². The maximum Gasteiger partial charge on any atom is 0.261 e. The molecule has 2 aromatic rings. The molecule has 0 bridgehead atoms. The molecular weight excluding hydrogens is 480 g/mol. The van der Waals surface area contributed by atoms with Gasteiger partial charge >= 0.3 is 0 Å². The third-order valence-corrected chi connectivity index (χ3v) is 7.06. The first-order chi connectivity index (χ1) is 15.9. The van der Waals surface area contributed by atoms with Crippen molar-refractivity contribution in [2.24, 2.45) is 0 Å². The number of aryl methyl sites for hydroxylation is 2. The number of carbonyl (C=O) groups is 2. The molecule has 1 aliphatic carbocycles. The number of hydrogen-bond donors (Lipinski definition) is 1. The minimum absolute atomic E-state index is 0.0696. The third kappa shape index (κ3) is 6.83. The van der Waals surface area contributed by atoms with E-state index in [9.17, 15) is 9.59 Å². The van der Waals surface area contributed by atoms with Crippen LogP contribution in [0.4, 0.5) is 0 Å². The summed E-state index contributed by atoms with van der Waals surface area (Å²) in [6, 6.07) is 13.6. The Morgan fingerprint density at radius 3 is 2.52 bits per heavy atom. The van der Waals surface area contributed by atoms with Gasteiger partial charge in [0.25, 0.3) is 5.91 Å². The van der Waals surface area contributed by atoms with Crippen molar-refractivity contribution in [1.82, 2.24) is 10.2 Å². The predicted molar refractivity (Wildman–Crippen MR) is 135 cm³/mol. The summed E-state index contributed by atoms with van der Waals surface area (Å²) < 4.78 is 6.71. The summed E-state index contributed by atoms with van der Waals surface area (Å²) >= 11 is 3.54. The SMILES string of the molecule is CCc1ccc(OCC(=O)N(Cc2ccccc2C)C(CC)C(=O)NC2CCCC2)c(Br)c1. The fourth-order valence-electron chi connectivity index (χ4n) is 4.36. The number of hydrogen-bond acceptors (Lipinski definition) is 3. The first-order valence-electron chi connectivity index (χ1n) is 12.0. The minimum atomic E-state index is -0.535. The molecule has 1 unspecified atom stereocenters. The molecule has 0 heterocycles. The predicted octanol–water partition coefficient (Wildman–Crippen LogP) is 5.56. The van der Waals surface area contributed by atoms with Gasteiger partial charge in [-0.15, -0.1) is 0 Å². The van der Waals surface area contributed by atoms with Gasteiger partial charge in [0.1, 0.15) is 11.8 Å². The van der Waals surface area contributed by atoms with Gasteiger partial charge < -0.3 is 15.0 Å². The average Bonchev–Trinajstić information content (AvgIpc) is 3.32. The summed E-state index contributed by atoms with van der Waals surface area (Å²) in [5.41, 5.74) is 3.32. The van der Waals surface area contributed by atoms with E-state index in [0.717, 1.165) is 47.7 Å². The first-order valence-corrected chi connectivity index (χ1v) is 12.8. The average molecular weight is 515 g/mol. The second-order valence-electron chi connectivity index (χ2n) is 8.77. The summed E-state index contributed by atoms with van der Waals surface area (Å²) in [7, 11) is 0. The van der Waals surface area contributed by atoms with Crippen molar-refractivity contribution in [2.75, 3.05) is 6.61 Å². The molecule has 0 aliphatic heterocycles. The van der Waals surface area contributed by atoms with E-state index in [-0.39, 0.29) is 24.5 Å². The van der Waals surface area contributed by atoms with E-state index < -0.39 is 6.04 Å². The molecule has 0 spiro atoms. The number of amides is 2. The fraction of sp³-hybridized carbons (Fsp3) is 0.481. The van der Waals surface area contributed by atoms with Crippen molar-refractivity contribution in [2.45, 2.75) is 77.9 Å². The van der Waals surface area contributed by atoms with Crippen LogP contribution in [-0.4, -0.2) is 35.4 Å². The monoisotopic (exact) mass is 514 g/mol. The van der Waals surface area contributed by atoms with E-state index in [4.69, 9.17) is 4.74 Å². The van der Waals surface area contributed by atoms with Gasteiger partial charge in [0.2, 0.25) is 5.91 Å². The normalized spacial score (nSPS) is 14.7. The highest BCUT2D eigenvalue weighted by Gasteiger charge is 2.31. The van der Waals surface area contributed by atoms with E-state index in [0.29, 0.717) is 18.7 Å². The zero-order chi connectivity index (χ0) is 23.8. The van der Waals surface area contributed by atoms with E-state index in [1.807, 2.05) is 56.3 Å². The van der Waals surface area contributed by atoms with Crippen LogP contribution in [0, 0.1) is 6.92 Å². The van der Waals surface area contributed by atoms with Gasteiger partial charge in [0.15, 0.2) is 6.61 Å². The number of nitrogens with one attached hydrogen (secondary N) is 1. The quantitative estimate of drug-likeness (QED) is 0.451. The van der Waals surface area contributed by atoms with Crippen LogP contribution in [0.15, 0.2) is 46.9 Å². The molecule has 33 heavy (non-hydrogen) atoms. The fourth-order valence-corrected chi connectivity index (χ4v) is 4.90. The Kier molecular flexibility index (Phi) is 9.36. The lowest BCUT2D eigenvalue weighted by Crippen LogP contribution is -2.52. The van der Waals surface area contributed by atoms with E-state index in [2.05, 4.69) is 28.2 Å². The molecule has 1 N–H and O–H groups in total. The highest BCUT2D eigenvalue weighted by molar-refractivity contribution is 9.10. The third-order valence-electron chi connectivity index (χ3n) is 6.45. The largest absolute Gasteiger partial charge is 0.483 e. The van der Waals surface area contributed by atoms with Crippen LogP contribution in [0.1, 0.15) is 62.6 Å². The van der Waals surface area contributed by atoms with Crippen LogP contribution < -0.4 is 10.1 Å². The lowest BCUT2D eigenvalue weighted by molar-refractivity contribution is -0.143. The Bertz CT molecular complexity index is 956. The molecule has 5 nitrogen and oxygen atoms in total. The van der Waals surface area contributed by atoms with Gasteiger partial charge in [-0.25, -0.2) is 0 Å². The molecule has 1 saturated carbocycles. The Morgan fingerprint density at radius 1 is 1.15 bits per heavy atom. The first kappa shape index (κ1) is 25.3. The molecule has 0 radical (unpaired) electrons. The second-order valence-corrected chi connectivity index (χ2v) is 9.62. The van der Waals surface area contributed by atoms with Crippen molar-refractivity contribution in [3.05, 3.63) is 63.6 Å². The number of ether oxygens (including phenoxy) is 1. The Morgan fingerprint density at radius 2 is 1.88 bits per heavy atom. The summed E-state index contributed by atoms with van der Waals surface area (Å²) in [4.78, 5) is 28.3. The molecule has 0 saturated heterocycles. The number of halogens is 1. The highest BCUT2D eigenvalue weighted by atomic mass is 79.9.